The van der Waals surface area contributed by atoms with Crippen LogP contribution in [0.25, 0.3) is 0 Å². The van der Waals surface area contributed by atoms with Crippen LogP contribution in [-0.2, 0) is 9.53 Å². The van der Waals surface area contributed by atoms with Gasteiger partial charge in [-0.3, -0.25) is 4.79 Å². The maximum atomic E-state index is 14.1. The van der Waals surface area contributed by atoms with Gasteiger partial charge in [-0.1, -0.05) is 0 Å². The highest BCUT2D eigenvalue weighted by molar-refractivity contribution is 5.75. The summed E-state index contributed by atoms with van der Waals surface area (Å²) >= 11 is 0. The summed E-state index contributed by atoms with van der Waals surface area (Å²) in [4.78, 5) is 11.7. The van der Waals surface area contributed by atoms with Crippen molar-refractivity contribution in [1.29, 1.82) is 0 Å². The van der Waals surface area contributed by atoms with Crippen LogP contribution >= 0.6 is 0 Å². The number of carbonyl (C=O) groups is 1. The number of hydrogen-bond acceptors (Lipinski definition) is 5. The summed E-state index contributed by atoms with van der Waals surface area (Å²) in [5.74, 6) is -0.210. The molecule has 0 radical (unpaired) electrons. The molecule has 6 heteroatoms. The minimum Gasteiger partial charge on any atom is -0.493 e. The summed E-state index contributed by atoms with van der Waals surface area (Å²) < 4.78 is 29.0. The lowest BCUT2D eigenvalue weighted by Crippen LogP contribution is -2.30. The molecule has 0 aliphatic heterocycles. The molecular formula is C15H22FNO4. The fourth-order valence-corrected chi connectivity index (χ4v) is 2.17. The van der Waals surface area contributed by atoms with E-state index in [0.717, 1.165) is 0 Å². The zero-order chi connectivity index (χ0) is 16.2. The number of hydrogen-bond donors (Lipinski definition) is 1. The van der Waals surface area contributed by atoms with Crippen LogP contribution in [0.4, 0.5) is 4.39 Å². The normalized spacial score (nSPS) is 12.7. The first-order valence-corrected chi connectivity index (χ1v) is 6.52. The van der Waals surface area contributed by atoms with Gasteiger partial charge >= 0.3 is 5.97 Å². The predicted octanol–water partition coefficient (Wildman–Crippen LogP) is 2.43. The molecule has 0 aliphatic carbocycles. The van der Waals surface area contributed by atoms with E-state index in [2.05, 4.69) is 0 Å². The van der Waals surface area contributed by atoms with E-state index < -0.39 is 17.3 Å². The average Bonchev–Trinajstić information content (AvgIpc) is 2.45. The summed E-state index contributed by atoms with van der Waals surface area (Å²) in [6.45, 7) is 3.41. The monoisotopic (exact) mass is 299 g/mol. The summed E-state index contributed by atoms with van der Waals surface area (Å²) in [5.41, 5.74) is 5.50. The van der Waals surface area contributed by atoms with Crippen molar-refractivity contribution in [2.45, 2.75) is 26.3 Å². The number of esters is 1. The summed E-state index contributed by atoms with van der Waals surface area (Å²) in [6.07, 6.45) is 0.242. The molecule has 0 aromatic heterocycles. The van der Waals surface area contributed by atoms with Gasteiger partial charge in [-0.2, -0.15) is 0 Å². The maximum Gasteiger partial charge on any atom is 0.311 e. The topological polar surface area (TPSA) is 70.8 Å². The molecule has 0 amide bonds. The van der Waals surface area contributed by atoms with Crippen LogP contribution in [0.2, 0.25) is 0 Å². The number of methoxy groups -OCH3 is 3. The lowest BCUT2D eigenvalue weighted by molar-refractivity contribution is -0.151. The van der Waals surface area contributed by atoms with Crippen molar-refractivity contribution < 1.29 is 23.4 Å². The highest BCUT2D eigenvalue weighted by Crippen LogP contribution is 2.36. The van der Waals surface area contributed by atoms with Crippen molar-refractivity contribution in [3.8, 4) is 11.5 Å². The summed E-state index contributed by atoms with van der Waals surface area (Å²) in [7, 11) is 4.20. The number of rotatable bonds is 6. The van der Waals surface area contributed by atoms with E-state index >= 15 is 0 Å². The molecule has 1 aromatic carbocycles. The van der Waals surface area contributed by atoms with Crippen LogP contribution in [-0.4, -0.2) is 27.3 Å². The Morgan fingerprint density at radius 2 is 1.76 bits per heavy atom. The van der Waals surface area contributed by atoms with E-state index in [9.17, 15) is 9.18 Å². The molecule has 2 N–H and O–H groups in total. The molecule has 1 unspecified atom stereocenters. The van der Waals surface area contributed by atoms with Crippen LogP contribution in [0.15, 0.2) is 12.1 Å². The maximum absolute atomic E-state index is 14.1. The van der Waals surface area contributed by atoms with Crippen LogP contribution in [0, 0.1) is 11.2 Å². The lowest BCUT2D eigenvalue weighted by Gasteiger charge is -2.26. The van der Waals surface area contributed by atoms with Gasteiger partial charge in [0.15, 0.2) is 11.5 Å². The molecule has 118 valence electrons. The fourth-order valence-electron chi connectivity index (χ4n) is 2.17. The Kier molecular flexibility index (Phi) is 5.54. The van der Waals surface area contributed by atoms with Crippen molar-refractivity contribution in [2.24, 2.45) is 11.1 Å². The van der Waals surface area contributed by atoms with E-state index in [1.807, 2.05) is 0 Å². The molecule has 0 saturated carbocycles. The van der Waals surface area contributed by atoms with Gasteiger partial charge in [0, 0.05) is 17.7 Å². The zero-order valence-corrected chi connectivity index (χ0v) is 13.0. The molecule has 21 heavy (non-hydrogen) atoms. The van der Waals surface area contributed by atoms with Crippen molar-refractivity contribution in [2.75, 3.05) is 21.3 Å². The molecule has 1 aromatic rings. The van der Waals surface area contributed by atoms with E-state index in [1.54, 1.807) is 13.8 Å². The van der Waals surface area contributed by atoms with Crippen LogP contribution < -0.4 is 15.2 Å². The number of halogens is 1. The Hall–Kier alpha value is -1.82. The third-order valence-corrected chi connectivity index (χ3v) is 3.37. The minimum atomic E-state index is -0.812. The molecule has 0 heterocycles. The smallest absolute Gasteiger partial charge is 0.311 e. The van der Waals surface area contributed by atoms with E-state index in [4.69, 9.17) is 19.9 Å². The number of ether oxygens (including phenoxy) is 3. The zero-order valence-electron chi connectivity index (χ0n) is 13.0. The van der Waals surface area contributed by atoms with E-state index in [0.29, 0.717) is 5.75 Å². The number of carbonyl (C=O) groups excluding carboxylic acids is 1. The van der Waals surface area contributed by atoms with Crippen LogP contribution in [0.1, 0.15) is 31.9 Å². The van der Waals surface area contributed by atoms with Crippen LogP contribution in [0.5, 0.6) is 11.5 Å². The molecule has 0 saturated heterocycles. The minimum absolute atomic E-state index is 0.242. The predicted molar refractivity (Wildman–Crippen MR) is 76.8 cm³/mol. The van der Waals surface area contributed by atoms with Gasteiger partial charge < -0.3 is 19.9 Å². The Balaban J connectivity index is 3.07. The Bertz CT molecular complexity index is 517. The van der Waals surface area contributed by atoms with Gasteiger partial charge in [0.1, 0.15) is 5.82 Å². The Morgan fingerprint density at radius 3 is 2.24 bits per heavy atom. The van der Waals surface area contributed by atoms with Gasteiger partial charge in [0.05, 0.1) is 26.7 Å². The van der Waals surface area contributed by atoms with Gasteiger partial charge in [0.25, 0.3) is 0 Å². The molecule has 1 rings (SSSR count). The third kappa shape index (κ3) is 3.85. The second-order valence-corrected chi connectivity index (χ2v) is 5.41. The van der Waals surface area contributed by atoms with Crippen molar-refractivity contribution in [3.63, 3.8) is 0 Å². The van der Waals surface area contributed by atoms with Crippen molar-refractivity contribution >= 4 is 5.97 Å². The van der Waals surface area contributed by atoms with Gasteiger partial charge in [-0.25, -0.2) is 4.39 Å². The second-order valence-electron chi connectivity index (χ2n) is 5.41. The molecule has 0 aliphatic rings. The standard InChI is InChI=1S/C15H22FNO4/c1-15(2,14(18)21-5)8-11(17)9-6-12(19-3)13(20-4)7-10(9)16/h6-7,11H,8,17H2,1-5H3. The van der Waals surface area contributed by atoms with Crippen molar-refractivity contribution in [1.82, 2.24) is 0 Å². The molecule has 0 spiro atoms. The highest BCUT2D eigenvalue weighted by atomic mass is 19.1. The fraction of sp³-hybridized carbons (Fsp3) is 0.533. The lowest BCUT2D eigenvalue weighted by atomic mass is 9.83. The first-order valence-electron chi connectivity index (χ1n) is 6.52. The van der Waals surface area contributed by atoms with Gasteiger partial charge in [0.2, 0.25) is 0 Å². The van der Waals surface area contributed by atoms with Gasteiger partial charge in [-0.15, -0.1) is 0 Å². The molecule has 0 bridgehead atoms. The largest absolute Gasteiger partial charge is 0.493 e. The van der Waals surface area contributed by atoms with E-state index in [1.165, 1.54) is 33.5 Å². The second kappa shape index (κ2) is 6.76. The van der Waals surface area contributed by atoms with Gasteiger partial charge in [-0.05, 0) is 26.3 Å². The highest BCUT2D eigenvalue weighted by Gasteiger charge is 2.32. The molecule has 1 atom stereocenters. The third-order valence-electron chi connectivity index (χ3n) is 3.37. The Labute approximate surface area is 124 Å². The van der Waals surface area contributed by atoms with Crippen molar-refractivity contribution in [3.05, 3.63) is 23.5 Å². The first-order chi connectivity index (χ1) is 9.76. The quantitative estimate of drug-likeness (QED) is 0.817. The molecular weight excluding hydrogens is 277 g/mol. The SMILES string of the molecule is COC(=O)C(C)(C)CC(N)c1cc(OC)c(OC)cc1F. The number of benzene rings is 1. The first kappa shape index (κ1) is 17.2. The number of nitrogens with two attached hydrogens (primary N) is 1. The molecule has 5 nitrogen and oxygen atoms in total. The summed E-state index contributed by atoms with van der Waals surface area (Å²) in [5, 5.41) is 0. The summed E-state index contributed by atoms with van der Waals surface area (Å²) in [6, 6.07) is 2.05. The van der Waals surface area contributed by atoms with E-state index in [-0.39, 0.29) is 23.7 Å². The molecule has 0 fully saturated rings. The average molecular weight is 299 g/mol. The Morgan fingerprint density at radius 1 is 1.24 bits per heavy atom. The van der Waals surface area contributed by atoms with Crippen LogP contribution in [0.3, 0.4) is 0 Å².